The average Bonchev–Trinajstić information content (AvgIpc) is 3.22. The molecule has 0 saturated carbocycles. The number of rotatable bonds is 10. The topological polar surface area (TPSA) is 65.4 Å². The van der Waals surface area contributed by atoms with E-state index in [1.165, 1.54) is 5.56 Å². The van der Waals surface area contributed by atoms with E-state index < -0.39 is 0 Å². The summed E-state index contributed by atoms with van der Waals surface area (Å²) in [5.41, 5.74) is 3.78. The first-order valence-electron chi connectivity index (χ1n) is 11.6. The molecule has 1 aromatic heterocycles. The standard InChI is InChI=1S/C28H31N3O3/c1-20-9-8-10-24(19-20)34-18-7-6-17-31-26-12-5-4-11-25(26)30-27(31)21(2)29-28(32)22-13-15-23(33-3)16-14-22/h4-5,8-16,19,21H,6-7,17-18H2,1-3H3,(H,29,32). The third-order valence-electron chi connectivity index (χ3n) is 5.81. The number of aromatic nitrogens is 2. The fourth-order valence-electron chi connectivity index (χ4n) is 4.01. The van der Waals surface area contributed by atoms with E-state index in [-0.39, 0.29) is 11.9 Å². The lowest BCUT2D eigenvalue weighted by Gasteiger charge is -2.17. The number of amides is 1. The molecule has 0 radical (unpaired) electrons. The number of carbonyl (C=O) groups is 1. The van der Waals surface area contributed by atoms with Crippen molar-refractivity contribution >= 4 is 16.9 Å². The van der Waals surface area contributed by atoms with Gasteiger partial charge in [-0.3, -0.25) is 4.79 Å². The largest absolute Gasteiger partial charge is 0.497 e. The summed E-state index contributed by atoms with van der Waals surface area (Å²) in [4.78, 5) is 17.6. The Bertz CT molecular complexity index is 1250. The number of para-hydroxylation sites is 2. The van der Waals surface area contributed by atoms with Crippen LogP contribution in [-0.2, 0) is 6.54 Å². The number of methoxy groups -OCH3 is 1. The molecule has 1 heterocycles. The third-order valence-corrected chi connectivity index (χ3v) is 5.81. The molecule has 6 nitrogen and oxygen atoms in total. The second-order valence-corrected chi connectivity index (χ2v) is 8.41. The fraction of sp³-hybridized carbons (Fsp3) is 0.286. The molecule has 4 aromatic rings. The highest BCUT2D eigenvalue weighted by atomic mass is 16.5. The molecular weight excluding hydrogens is 426 g/mol. The van der Waals surface area contributed by atoms with Gasteiger partial charge in [0.05, 0.1) is 30.8 Å². The van der Waals surface area contributed by atoms with Crippen LogP contribution in [0, 0.1) is 6.92 Å². The lowest BCUT2D eigenvalue weighted by atomic mass is 10.2. The van der Waals surface area contributed by atoms with Gasteiger partial charge in [-0.15, -0.1) is 0 Å². The quantitative estimate of drug-likeness (QED) is 0.310. The van der Waals surface area contributed by atoms with Crippen LogP contribution in [0.5, 0.6) is 11.5 Å². The minimum atomic E-state index is -0.245. The molecule has 0 fully saturated rings. The van der Waals surface area contributed by atoms with Crippen LogP contribution in [0.4, 0.5) is 0 Å². The van der Waals surface area contributed by atoms with Gasteiger partial charge in [0.25, 0.3) is 5.91 Å². The highest BCUT2D eigenvalue weighted by Gasteiger charge is 2.19. The summed E-state index contributed by atoms with van der Waals surface area (Å²) in [6, 6.07) is 23.1. The maximum Gasteiger partial charge on any atom is 0.251 e. The number of benzene rings is 3. The monoisotopic (exact) mass is 457 g/mol. The lowest BCUT2D eigenvalue weighted by molar-refractivity contribution is 0.0937. The van der Waals surface area contributed by atoms with Gasteiger partial charge in [-0.05, 0) is 80.8 Å². The van der Waals surface area contributed by atoms with Gasteiger partial charge in [-0.25, -0.2) is 4.98 Å². The van der Waals surface area contributed by atoms with E-state index in [1.807, 2.05) is 37.3 Å². The molecule has 1 atom stereocenters. The van der Waals surface area contributed by atoms with Gasteiger partial charge >= 0.3 is 0 Å². The third kappa shape index (κ3) is 5.57. The summed E-state index contributed by atoms with van der Waals surface area (Å²) in [7, 11) is 1.61. The molecule has 0 bridgehead atoms. The second kappa shape index (κ2) is 10.9. The summed E-state index contributed by atoms with van der Waals surface area (Å²) in [6.07, 6.45) is 1.87. The SMILES string of the molecule is COc1ccc(C(=O)NC(C)c2nc3ccccc3n2CCCCOc2cccc(C)c2)cc1. The molecule has 1 N–H and O–H groups in total. The van der Waals surface area contributed by atoms with Crippen molar-refractivity contribution in [3.63, 3.8) is 0 Å². The molecule has 6 heteroatoms. The van der Waals surface area contributed by atoms with Crippen molar-refractivity contribution < 1.29 is 14.3 Å². The molecular formula is C28H31N3O3. The van der Waals surface area contributed by atoms with Gasteiger partial charge < -0.3 is 19.4 Å². The molecule has 0 aliphatic rings. The molecule has 176 valence electrons. The van der Waals surface area contributed by atoms with Crippen molar-refractivity contribution in [3.8, 4) is 11.5 Å². The van der Waals surface area contributed by atoms with Crippen LogP contribution in [-0.4, -0.2) is 29.2 Å². The smallest absolute Gasteiger partial charge is 0.251 e. The lowest BCUT2D eigenvalue weighted by Crippen LogP contribution is -2.28. The number of nitrogens with one attached hydrogen (secondary N) is 1. The van der Waals surface area contributed by atoms with Crippen molar-refractivity contribution in [2.24, 2.45) is 0 Å². The van der Waals surface area contributed by atoms with Gasteiger partial charge in [-0.1, -0.05) is 24.3 Å². The minimum absolute atomic E-state index is 0.139. The van der Waals surface area contributed by atoms with Crippen LogP contribution in [0.15, 0.2) is 72.8 Å². The number of carbonyl (C=O) groups excluding carboxylic acids is 1. The highest BCUT2D eigenvalue weighted by molar-refractivity contribution is 5.94. The van der Waals surface area contributed by atoms with E-state index in [1.54, 1.807) is 31.4 Å². The van der Waals surface area contributed by atoms with E-state index >= 15 is 0 Å². The van der Waals surface area contributed by atoms with Crippen LogP contribution in [0.25, 0.3) is 11.0 Å². The Balaban J connectivity index is 1.42. The van der Waals surface area contributed by atoms with Crippen molar-refractivity contribution in [2.45, 2.75) is 39.3 Å². The number of hydrogen-bond donors (Lipinski definition) is 1. The van der Waals surface area contributed by atoms with Crippen molar-refractivity contribution in [1.29, 1.82) is 0 Å². The van der Waals surface area contributed by atoms with Crippen molar-refractivity contribution in [3.05, 3.63) is 89.7 Å². The van der Waals surface area contributed by atoms with Crippen LogP contribution in [0.3, 0.4) is 0 Å². The molecule has 4 rings (SSSR count). The Morgan fingerprint density at radius 1 is 1.00 bits per heavy atom. The van der Waals surface area contributed by atoms with Crippen LogP contribution >= 0.6 is 0 Å². The predicted octanol–water partition coefficient (Wildman–Crippen LogP) is 5.70. The Hall–Kier alpha value is -3.80. The Morgan fingerprint density at radius 3 is 2.56 bits per heavy atom. The first kappa shape index (κ1) is 23.4. The molecule has 34 heavy (non-hydrogen) atoms. The zero-order valence-corrected chi connectivity index (χ0v) is 20.0. The van der Waals surface area contributed by atoms with Crippen molar-refractivity contribution in [2.75, 3.05) is 13.7 Å². The second-order valence-electron chi connectivity index (χ2n) is 8.41. The summed E-state index contributed by atoms with van der Waals surface area (Å²) in [5.74, 6) is 2.34. The van der Waals surface area contributed by atoms with Crippen LogP contribution in [0.2, 0.25) is 0 Å². The van der Waals surface area contributed by atoms with Crippen molar-refractivity contribution in [1.82, 2.24) is 14.9 Å². The van der Waals surface area contributed by atoms with Crippen LogP contribution in [0.1, 0.15) is 47.6 Å². The Morgan fingerprint density at radius 2 is 1.79 bits per heavy atom. The van der Waals surface area contributed by atoms with E-state index in [0.717, 1.165) is 47.7 Å². The molecule has 3 aromatic carbocycles. The number of fused-ring (bicyclic) bond motifs is 1. The van der Waals surface area contributed by atoms with E-state index in [9.17, 15) is 4.79 Å². The number of hydrogen-bond acceptors (Lipinski definition) is 4. The first-order valence-corrected chi connectivity index (χ1v) is 11.6. The molecule has 0 aliphatic carbocycles. The summed E-state index contributed by atoms with van der Waals surface area (Å²) < 4.78 is 13.3. The summed E-state index contributed by atoms with van der Waals surface area (Å²) >= 11 is 0. The number of unbranched alkanes of at least 4 members (excludes halogenated alkanes) is 1. The summed E-state index contributed by atoms with van der Waals surface area (Å²) in [6.45, 7) is 5.50. The van der Waals surface area contributed by atoms with Gasteiger partial charge in [0.15, 0.2) is 0 Å². The van der Waals surface area contributed by atoms with Gasteiger partial charge in [-0.2, -0.15) is 0 Å². The normalized spacial score (nSPS) is 11.9. The maximum atomic E-state index is 12.8. The number of aryl methyl sites for hydroxylation is 2. The fourth-order valence-corrected chi connectivity index (χ4v) is 4.01. The molecule has 1 amide bonds. The molecule has 0 spiro atoms. The van der Waals surface area contributed by atoms with E-state index in [4.69, 9.17) is 14.5 Å². The molecule has 0 aliphatic heterocycles. The zero-order chi connectivity index (χ0) is 23.9. The number of nitrogens with zero attached hydrogens (tertiary/aromatic N) is 2. The van der Waals surface area contributed by atoms with E-state index in [0.29, 0.717) is 12.2 Å². The summed E-state index contributed by atoms with van der Waals surface area (Å²) in [5, 5.41) is 3.09. The maximum absolute atomic E-state index is 12.8. The minimum Gasteiger partial charge on any atom is -0.497 e. The van der Waals surface area contributed by atoms with Gasteiger partial charge in [0, 0.05) is 12.1 Å². The Labute approximate surface area is 200 Å². The first-order chi connectivity index (χ1) is 16.5. The highest BCUT2D eigenvalue weighted by Crippen LogP contribution is 2.22. The van der Waals surface area contributed by atoms with Crippen LogP contribution < -0.4 is 14.8 Å². The average molecular weight is 458 g/mol. The number of imidazole rings is 1. The predicted molar refractivity (Wildman–Crippen MR) is 135 cm³/mol. The Kier molecular flexibility index (Phi) is 7.48. The van der Waals surface area contributed by atoms with E-state index in [2.05, 4.69) is 35.0 Å². The number of ether oxygens (including phenoxy) is 2. The van der Waals surface area contributed by atoms with Gasteiger partial charge in [0.2, 0.25) is 0 Å². The zero-order valence-electron chi connectivity index (χ0n) is 20.0. The van der Waals surface area contributed by atoms with Gasteiger partial charge in [0.1, 0.15) is 17.3 Å². The molecule has 1 unspecified atom stereocenters. The molecule has 0 saturated heterocycles.